The molecule has 1 N–H and O–H groups in total. The Hall–Kier alpha value is -1.32. The number of ketones is 1. The highest BCUT2D eigenvalue weighted by Crippen LogP contribution is 2.63. The number of oxime groups is 1. The molecule has 0 radical (unpaired) electrons. The number of nitrogens with zero attached hydrogens (tertiary/aromatic N) is 2. The predicted molar refractivity (Wildman–Crippen MR) is 89.3 cm³/mol. The Morgan fingerprint density at radius 2 is 2.09 bits per heavy atom. The van der Waals surface area contributed by atoms with Gasteiger partial charge in [-0.25, -0.2) is 0 Å². The summed E-state index contributed by atoms with van der Waals surface area (Å²) in [5.74, 6) is 2.21. The van der Waals surface area contributed by atoms with Gasteiger partial charge in [0.05, 0.1) is 5.71 Å². The summed E-state index contributed by atoms with van der Waals surface area (Å²) in [6, 6.07) is 0. The van der Waals surface area contributed by atoms with Crippen molar-refractivity contribution in [3.8, 4) is 0 Å². The molecule has 1 heterocycles. The number of carbonyl (C=O) groups excluding carboxylic acids is 1. The quantitative estimate of drug-likeness (QED) is 0.550. The minimum Gasteiger partial charge on any atom is -0.411 e. The molecule has 4 aliphatic rings. The number of likely N-dealkylation sites (tertiary alicyclic amines) is 1. The summed E-state index contributed by atoms with van der Waals surface area (Å²) in [5, 5.41) is 12.8. The molecule has 126 valence electrons. The smallest absolute Gasteiger partial charge is 0.157 e. The number of piperidine rings is 1. The third-order valence-electron chi connectivity index (χ3n) is 7.65. The molecule has 3 fully saturated rings. The molecule has 0 aromatic heterocycles. The first-order chi connectivity index (χ1) is 10.9. The van der Waals surface area contributed by atoms with Crippen LogP contribution < -0.4 is 0 Å². The van der Waals surface area contributed by atoms with E-state index in [2.05, 4.69) is 31.0 Å². The van der Waals surface area contributed by atoms with Gasteiger partial charge in [-0.3, -0.25) is 4.79 Å². The zero-order valence-electron chi connectivity index (χ0n) is 14.5. The van der Waals surface area contributed by atoms with Gasteiger partial charge < -0.3 is 10.1 Å². The molecule has 4 rings (SSSR count). The first-order valence-corrected chi connectivity index (χ1v) is 9.03. The average Bonchev–Trinajstić information content (AvgIpc) is 2.86. The Kier molecular flexibility index (Phi) is 3.20. The maximum Gasteiger partial charge on any atom is 0.157 e. The number of hydrogen-bond donors (Lipinski definition) is 1. The lowest BCUT2D eigenvalue weighted by molar-refractivity contribution is -0.118. The summed E-state index contributed by atoms with van der Waals surface area (Å²) in [7, 11) is 2.15. The average molecular weight is 316 g/mol. The number of hydrogen-bond acceptors (Lipinski definition) is 4. The van der Waals surface area contributed by atoms with E-state index in [4.69, 9.17) is 0 Å². The van der Waals surface area contributed by atoms with Gasteiger partial charge in [0, 0.05) is 37.2 Å². The molecule has 0 unspecified atom stereocenters. The number of fused-ring (bicyclic) bond motifs is 5. The Bertz CT molecular complexity index is 610. The molecule has 4 nitrogen and oxygen atoms in total. The first kappa shape index (κ1) is 15.2. The highest BCUT2D eigenvalue weighted by Gasteiger charge is 2.58. The standard InChI is InChI=1S/C19H28N2O2/c1-18-6-5-15-14(16(18)8-12(10-18)20-23)11-21(3)17-9-13(22)4-7-19(15,17)2/h9,14-16,23H,4-8,10-11H2,1-3H3/t14-,15-,16+,18-,19-/m1/s1. The summed E-state index contributed by atoms with van der Waals surface area (Å²) in [5.41, 5.74) is 2.70. The van der Waals surface area contributed by atoms with Crippen molar-refractivity contribution >= 4 is 11.5 Å². The maximum atomic E-state index is 11.9. The second-order valence-corrected chi connectivity index (χ2v) is 8.91. The van der Waals surface area contributed by atoms with E-state index in [-0.39, 0.29) is 5.41 Å². The van der Waals surface area contributed by atoms with Gasteiger partial charge in [0.15, 0.2) is 5.78 Å². The molecular formula is C19H28N2O2. The van der Waals surface area contributed by atoms with Crippen LogP contribution in [0.2, 0.25) is 0 Å². The van der Waals surface area contributed by atoms with Crippen LogP contribution in [0.3, 0.4) is 0 Å². The van der Waals surface area contributed by atoms with E-state index in [9.17, 15) is 10.0 Å². The zero-order valence-corrected chi connectivity index (χ0v) is 14.5. The lowest BCUT2D eigenvalue weighted by Crippen LogP contribution is -2.56. The fourth-order valence-electron chi connectivity index (χ4n) is 6.45. The van der Waals surface area contributed by atoms with Gasteiger partial charge in [-0.05, 0) is 55.3 Å². The summed E-state index contributed by atoms with van der Waals surface area (Å²) >= 11 is 0. The number of rotatable bonds is 0. The molecule has 0 aromatic rings. The molecule has 0 aromatic carbocycles. The van der Waals surface area contributed by atoms with Crippen LogP contribution in [0.5, 0.6) is 0 Å². The Morgan fingerprint density at radius 1 is 1.30 bits per heavy atom. The lowest BCUT2D eigenvalue weighted by Gasteiger charge is -2.59. The van der Waals surface area contributed by atoms with Crippen LogP contribution in [0, 0.1) is 28.6 Å². The second kappa shape index (κ2) is 4.84. The van der Waals surface area contributed by atoms with Gasteiger partial charge in [-0.15, -0.1) is 0 Å². The number of allylic oxidation sites excluding steroid dienone is 2. The van der Waals surface area contributed by atoms with Crippen LogP contribution in [0.25, 0.3) is 0 Å². The minimum atomic E-state index is 0.145. The van der Waals surface area contributed by atoms with Crippen molar-refractivity contribution < 1.29 is 10.0 Å². The van der Waals surface area contributed by atoms with Crippen molar-refractivity contribution in [1.82, 2.24) is 4.90 Å². The van der Waals surface area contributed by atoms with Crippen molar-refractivity contribution in [3.63, 3.8) is 0 Å². The van der Waals surface area contributed by atoms with Crippen LogP contribution in [0.15, 0.2) is 16.9 Å². The molecule has 1 aliphatic heterocycles. The summed E-state index contributed by atoms with van der Waals surface area (Å²) < 4.78 is 0. The molecule has 1 saturated heterocycles. The van der Waals surface area contributed by atoms with Crippen LogP contribution in [0.1, 0.15) is 52.4 Å². The highest BCUT2D eigenvalue weighted by atomic mass is 16.4. The second-order valence-electron chi connectivity index (χ2n) is 8.91. The molecule has 0 spiro atoms. The van der Waals surface area contributed by atoms with E-state index in [1.54, 1.807) is 0 Å². The van der Waals surface area contributed by atoms with Crippen molar-refractivity contribution in [2.45, 2.75) is 52.4 Å². The summed E-state index contributed by atoms with van der Waals surface area (Å²) in [4.78, 5) is 14.3. The van der Waals surface area contributed by atoms with Crippen molar-refractivity contribution in [3.05, 3.63) is 11.8 Å². The maximum absolute atomic E-state index is 11.9. The molecule has 3 aliphatic carbocycles. The molecule has 4 heteroatoms. The molecule has 2 saturated carbocycles. The van der Waals surface area contributed by atoms with Crippen molar-refractivity contribution in [2.75, 3.05) is 13.6 Å². The fraction of sp³-hybridized carbons (Fsp3) is 0.789. The van der Waals surface area contributed by atoms with Crippen molar-refractivity contribution in [2.24, 2.45) is 33.7 Å². The largest absolute Gasteiger partial charge is 0.411 e. The van der Waals surface area contributed by atoms with E-state index >= 15 is 0 Å². The van der Waals surface area contributed by atoms with Crippen LogP contribution in [-0.2, 0) is 4.79 Å². The molecule has 5 atom stereocenters. The molecule has 0 amide bonds. The van der Waals surface area contributed by atoms with Gasteiger partial charge >= 0.3 is 0 Å². The normalized spacial score (nSPS) is 47.9. The van der Waals surface area contributed by atoms with Gasteiger partial charge in [0.2, 0.25) is 0 Å². The van der Waals surface area contributed by atoms with E-state index in [1.165, 1.54) is 18.5 Å². The Labute approximate surface area is 138 Å². The lowest BCUT2D eigenvalue weighted by atomic mass is 9.50. The summed E-state index contributed by atoms with van der Waals surface area (Å²) in [6.07, 6.45) is 7.98. The molecule has 0 bridgehead atoms. The van der Waals surface area contributed by atoms with Crippen LogP contribution in [-0.4, -0.2) is 35.2 Å². The monoisotopic (exact) mass is 316 g/mol. The van der Waals surface area contributed by atoms with Gasteiger partial charge in [-0.2, -0.15) is 0 Å². The van der Waals surface area contributed by atoms with E-state index in [0.29, 0.717) is 35.4 Å². The van der Waals surface area contributed by atoms with Crippen LogP contribution in [0.4, 0.5) is 0 Å². The minimum absolute atomic E-state index is 0.145. The zero-order chi connectivity index (χ0) is 16.4. The highest BCUT2D eigenvalue weighted by molar-refractivity contribution is 5.91. The SMILES string of the molecule is CN1C[C@@H]2[C@@H](CC[C@]3(C)CC(=NO)C[C@@H]23)[C@@]2(C)CCC(=O)C=C12. The molecular weight excluding hydrogens is 288 g/mol. The van der Waals surface area contributed by atoms with Crippen molar-refractivity contribution in [1.29, 1.82) is 0 Å². The van der Waals surface area contributed by atoms with E-state index in [1.807, 2.05) is 6.08 Å². The fourth-order valence-corrected chi connectivity index (χ4v) is 6.45. The van der Waals surface area contributed by atoms with Gasteiger partial charge in [-0.1, -0.05) is 19.0 Å². The first-order valence-electron chi connectivity index (χ1n) is 9.03. The third-order valence-corrected chi connectivity index (χ3v) is 7.65. The van der Waals surface area contributed by atoms with E-state index in [0.717, 1.165) is 31.5 Å². The van der Waals surface area contributed by atoms with Crippen LogP contribution >= 0.6 is 0 Å². The topological polar surface area (TPSA) is 52.9 Å². The van der Waals surface area contributed by atoms with E-state index < -0.39 is 0 Å². The van der Waals surface area contributed by atoms with Gasteiger partial charge in [0.25, 0.3) is 0 Å². The number of carbonyl (C=O) groups is 1. The Morgan fingerprint density at radius 3 is 2.83 bits per heavy atom. The summed E-state index contributed by atoms with van der Waals surface area (Å²) in [6.45, 7) is 5.82. The Balaban J connectivity index is 1.72. The van der Waals surface area contributed by atoms with Gasteiger partial charge in [0.1, 0.15) is 0 Å². The third kappa shape index (κ3) is 2.03. The molecule has 23 heavy (non-hydrogen) atoms. The predicted octanol–water partition coefficient (Wildman–Crippen LogP) is 3.46.